The Hall–Kier alpha value is -3.59. The normalized spacial score (nSPS) is 13.7. The first-order chi connectivity index (χ1) is 15.7. The van der Waals surface area contributed by atoms with Gasteiger partial charge in [-0.1, -0.05) is 36.0 Å². The molecule has 0 saturated carbocycles. The minimum Gasteiger partial charge on any atom is -0.486 e. The first-order valence-corrected chi connectivity index (χ1v) is 11.2. The topological polar surface area (TPSA) is 91.2 Å². The molecule has 0 bridgehead atoms. The number of fused-ring (bicyclic) bond motifs is 2. The highest BCUT2D eigenvalue weighted by atomic mass is 32.2. The Kier molecular flexibility index (Phi) is 5.64. The van der Waals surface area contributed by atoms with Crippen molar-refractivity contribution in [3.05, 3.63) is 66.6 Å². The van der Waals surface area contributed by atoms with Gasteiger partial charge in [-0.15, -0.1) is 0 Å². The fourth-order valence-electron chi connectivity index (χ4n) is 3.53. The quantitative estimate of drug-likeness (QED) is 0.357. The molecule has 0 radical (unpaired) electrons. The van der Waals surface area contributed by atoms with Gasteiger partial charge in [-0.05, 0) is 36.8 Å². The van der Waals surface area contributed by atoms with Gasteiger partial charge in [0.25, 0.3) is 0 Å². The summed E-state index contributed by atoms with van der Waals surface area (Å²) in [5, 5.41) is 9.02. The molecule has 0 aliphatic carbocycles. The number of carbonyl (C=O) groups is 1. The number of amides is 1. The van der Waals surface area contributed by atoms with Gasteiger partial charge in [0.1, 0.15) is 24.6 Å². The Morgan fingerprint density at radius 2 is 1.94 bits per heavy atom. The second-order valence-corrected chi connectivity index (χ2v) is 8.25. The number of hydrogen-bond donors (Lipinski definition) is 1. The van der Waals surface area contributed by atoms with Gasteiger partial charge in [0.2, 0.25) is 5.91 Å². The summed E-state index contributed by atoms with van der Waals surface area (Å²) in [7, 11) is 0. The standard InChI is InChI=1S/C23H21N5O3S/c1-15(16-7-8-19-20(11-16)31-10-9-30-19)27-21(29)13-32-23-18-12-26-28(22(18)24-14-25-23)17-5-3-2-4-6-17/h2-8,11-12,14-15H,9-10,13H2,1H3,(H,27,29)/t15-/m0/s1. The Labute approximate surface area is 189 Å². The molecule has 1 aliphatic rings. The van der Waals surface area contributed by atoms with E-state index in [1.807, 2.05) is 55.5 Å². The maximum Gasteiger partial charge on any atom is 0.230 e. The summed E-state index contributed by atoms with van der Waals surface area (Å²) in [5.74, 6) is 1.60. The van der Waals surface area contributed by atoms with Crippen LogP contribution in [0.2, 0.25) is 0 Å². The van der Waals surface area contributed by atoms with Gasteiger partial charge in [-0.2, -0.15) is 5.10 Å². The molecule has 4 aromatic rings. The van der Waals surface area contributed by atoms with Gasteiger partial charge in [0.05, 0.1) is 29.1 Å². The number of para-hydroxylation sites is 1. The van der Waals surface area contributed by atoms with Crippen LogP contribution in [0.4, 0.5) is 0 Å². The first kappa shape index (κ1) is 20.3. The van der Waals surface area contributed by atoms with Crippen molar-refractivity contribution in [1.82, 2.24) is 25.1 Å². The number of nitrogens with one attached hydrogen (secondary N) is 1. The molecule has 1 atom stereocenters. The third-order valence-electron chi connectivity index (χ3n) is 5.11. The number of hydrogen-bond acceptors (Lipinski definition) is 7. The first-order valence-electron chi connectivity index (χ1n) is 10.2. The summed E-state index contributed by atoms with van der Waals surface area (Å²) in [5.41, 5.74) is 2.59. The zero-order chi connectivity index (χ0) is 21.9. The number of nitrogens with zero attached hydrogens (tertiary/aromatic N) is 4. The van der Waals surface area contributed by atoms with Crippen LogP contribution in [0.3, 0.4) is 0 Å². The molecule has 9 heteroatoms. The van der Waals surface area contributed by atoms with Gasteiger partial charge in [0, 0.05) is 0 Å². The molecule has 2 aromatic carbocycles. The van der Waals surface area contributed by atoms with E-state index in [2.05, 4.69) is 20.4 Å². The summed E-state index contributed by atoms with van der Waals surface area (Å²) >= 11 is 1.37. The minimum absolute atomic E-state index is 0.0837. The molecule has 32 heavy (non-hydrogen) atoms. The number of thioether (sulfide) groups is 1. The van der Waals surface area contributed by atoms with Crippen LogP contribution in [0.5, 0.6) is 11.5 Å². The van der Waals surface area contributed by atoms with Crippen LogP contribution in [0, 0.1) is 0 Å². The highest BCUT2D eigenvalue weighted by Gasteiger charge is 2.17. The lowest BCUT2D eigenvalue weighted by molar-refractivity contribution is -0.119. The van der Waals surface area contributed by atoms with Crippen LogP contribution in [0.1, 0.15) is 18.5 Å². The third kappa shape index (κ3) is 4.11. The van der Waals surface area contributed by atoms with Crippen molar-refractivity contribution in [2.45, 2.75) is 18.0 Å². The van der Waals surface area contributed by atoms with Crippen molar-refractivity contribution >= 4 is 28.7 Å². The van der Waals surface area contributed by atoms with Crippen molar-refractivity contribution in [1.29, 1.82) is 0 Å². The SMILES string of the molecule is C[C@H](NC(=O)CSc1ncnc2c1cnn2-c1ccccc1)c1ccc2c(c1)OCCO2. The lowest BCUT2D eigenvalue weighted by Crippen LogP contribution is -2.28. The highest BCUT2D eigenvalue weighted by Crippen LogP contribution is 2.32. The minimum atomic E-state index is -0.162. The molecule has 1 N–H and O–H groups in total. The molecular formula is C23H21N5O3S. The second kappa shape index (κ2) is 8.88. The molecule has 1 amide bonds. The van der Waals surface area contributed by atoms with E-state index in [1.165, 1.54) is 18.1 Å². The molecular weight excluding hydrogens is 426 g/mol. The fourth-order valence-corrected chi connectivity index (χ4v) is 4.30. The summed E-state index contributed by atoms with van der Waals surface area (Å²) < 4.78 is 13.0. The summed E-state index contributed by atoms with van der Waals surface area (Å²) in [4.78, 5) is 21.3. The summed E-state index contributed by atoms with van der Waals surface area (Å²) in [6, 6.07) is 15.4. The largest absolute Gasteiger partial charge is 0.486 e. The van der Waals surface area contributed by atoms with Crippen LogP contribution >= 0.6 is 11.8 Å². The van der Waals surface area contributed by atoms with Crippen LogP contribution < -0.4 is 14.8 Å². The highest BCUT2D eigenvalue weighted by molar-refractivity contribution is 8.00. The van der Waals surface area contributed by atoms with E-state index in [-0.39, 0.29) is 17.7 Å². The van der Waals surface area contributed by atoms with E-state index in [1.54, 1.807) is 10.9 Å². The van der Waals surface area contributed by atoms with E-state index >= 15 is 0 Å². The van der Waals surface area contributed by atoms with Crippen molar-refractivity contribution in [3.63, 3.8) is 0 Å². The predicted molar refractivity (Wildman–Crippen MR) is 121 cm³/mol. The maximum absolute atomic E-state index is 12.6. The van der Waals surface area contributed by atoms with Crippen molar-refractivity contribution in [3.8, 4) is 17.2 Å². The number of ether oxygens (including phenoxy) is 2. The molecule has 0 fully saturated rings. The Morgan fingerprint density at radius 1 is 1.12 bits per heavy atom. The van der Waals surface area contributed by atoms with Crippen molar-refractivity contribution < 1.29 is 14.3 Å². The number of aromatic nitrogens is 4. The van der Waals surface area contributed by atoms with E-state index in [9.17, 15) is 4.79 Å². The predicted octanol–water partition coefficient (Wildman–Crippen LogP) is 3.56. The van der Waals surface area contributed by atoms with Crippen LogP contribution in [0.15, 0.2) is 66.1 Å². The third-order valence-corrected chi connectivity index (χ3v) is 6.12. The average molecular weight is 448 g/mol. The Morgan fingerprint density at radius 3 is 2.78 bits per heavy atom. The van der Waals surface area contributed by atoms with Gasteiger partial charge >= 0.3 is 0 Å². The summed E-state index contributed by atoms with van der Waals surface area (Å²) in [6.45, 7) is 3.03. The van der Waals surface area contributed by atoms with E-state index in [0.29, 0.717) is 24.6 Å². The van der Waals surface area contributed by atoms with Crippen molar-refractivity contribution in [2.75, 3.05) is 19.0 Å². The monoisotopic (exact) mass is 447 g/mol. The van der Waals surface area contributed by atoms with Gasteiger partial charge in [-0.25, -0.2) is 14.6 Å². The lowest BCUT2D eigenvalue weighted by Gasteiger charge is -2.21. The number of benzene rings is 2. The molecule has 0 spiro atoms. The summed E-state index contributed by atoms with van der Waals surface area (Å²) in [6.07, 6.45) is 3.24. The smallest absolute Gasteiger partial charge is 0.230 e. The van der Waals surface area contributed by atoms with E-state index in [0.717, 1.165) is 27.4 Å². The fraction of sp³-hybridized carbons (Fsp3) is 0.217. The molecule has 3 heterocycles. The van der Waals surface area contributed by atoms with Gasteiger partial charge < -0.3 is 14.8 Å². The molecule has 8 nitrogen and oxygen atoms in total. The molecule has 0 unspecified atom stereocenters. The van der Waals surface area contributed by atoms with Crippen LogP contribution in [0.25, 0.3) is 16.7 Å². The van der Waals surface area contributed by atoms with E-state index < -0.39 is 0 Å². The average Bonchev–Trinajstić information content (AvgIpc) is 3.28. The molecule has 162 valence electrons. The zero-order valence-corrected chi connectivity index (χ0v) is 18.2. The second-order valence-electron chi connectivity index (χ2n) is 7.29. The lowest BCUT2D eigenvalue weighted by atomic mass is 10.1. The van der Waals surface area contributed by atoms with E-state index in [4.69, 9.17) is 9.47 Å². The van der Waals surface area contributed by atoms with Crippen LogP contribution in [-0.2, 0) is 4.79 Å². The number of carbonyl (C=O) groups excluding carboxylic acids is 1. The van der Waals surface area contributed by atoms with Gasteiger partial charge in [-0.3, -0.25) is 4.79 Å². The molecule has 1 aliphatic heterocycles. The Balaban J connectivity index is 1.26. The molecule has 5 rings (SSSR count). The Bertz CT molecular complexity index is 1260. The molecule has 2 aromatic heterocycles. The number of rotatable bonds is 6. The van der Waals surface area contributed by atoms with Gasteiger partial charge in [0.15, 0.2) is 17.1 Å². The maximum atomic E-state index is 12.6. The molecule has 0 saturated heterocycles. The zero-order valence-electron chi connectivity index (χ0n) is 17.4. The van der Waals surface area contributed by atoms with Crippen molar-refractivity contribution in [2.24, 2.45) is 0 Å². The van der Waals surface area contributed by atoms with Crippen LogP contribution in [-0.4, -0.2) is 44.6 Å².